The molecule has 0 N–H and O–H groups in total. The van der Waals surface area contributed by atoms with Crippen molar-refractivity contribution >= 4 is 22.6 Å². The van der Waals surface area contributed by atoms with Gasteiger partial charge in [-0.15, -0.1) is 0 Å². The number of carbonyl (C=O) groups excluding carboxylic acids is 1. The molecule has 0 radical (unpaired) electrons. The number of anilines is 1. The van der Waals surface area contributed by atoms with Crippen LogP contribution in [0.4, 0.5) is 10.1 Å². The summed E-state index contributed by atoms with van der Waals surface area (Å²) >= 11 is 0. The zero-order chi connectivity index (χ0) is 24.4. The molecule has 35 heavy (non-hydrogen) atoms. The van der Waals surface area contributed by atoms with Crippen LogP contribution >= 0.6 is 0 Å². The van der Waals surface area contributed by atoms with Gasteiger partial charge in [0.25, 0.3) is 0 Å². The average molecular weight is 472 g/mol. The van der Waals surface area contributed by atoms with E-state index in [2.05, 4.69) is 36.6 Å². The second kappa shape index (κ2) is 9.90. The molecule has 1 amide bonds. The first-order valence-corrected chi connectivity index (χ1v) is 12.2. The molecule has 1 unspecified atom stereocenters. The smallest absolute Gasteiger partial charge is 0.227 e. The Kier molecular flexibility index (Phi) is 6.53. The summed E-state index contributed by atoms with van der Waals surface area (Å²) in [6.45, 7) is 6.15. The molecule has 4 aromatic rings. The Labute approximate surface area is 205 Å². The number of amides is 1. The molecule has 1 aliphatic heterocycles. The highest BCUT2D eigenvalue weighted by Gasteiger charge is 2.34. The molecule has 180 valence electrons. The minimum atomic E-state index is -0.339. The molecule has 0 bridgehead atoms. The zero-order valence-electron chi connectivity index (χ0n) is 20.2. The topological polar surface area (TPSA) is 47.4 Å². The van der Waals surface area contributed by atoms with Gasteiger partial charge in [0.2, 0.25) is 5.91 Å². The highest BCUT2D eigenvalue weighted by Crippen LogP contribution is 2.33. The van der Waals surface area contributed by atoms with Gasteiger partial charge in [-0.25, -0.2) is 9.37 Å². The minimum absolute atomic E-state index is 0.000924. The number of benzene rings is 3. The summed E-state index contributed by atoms with van der Waals surface area (Å²) in [7, 11) is 0. The predicted molar refractivity (Wildman–Crippen MR) is 136 cm³/mol. The van der Waals surface area contributed by atoms with Crippen LogP contribution in [0.15, 0.2) is 66.7 Å². The van der Waals surface area contributed by atoms with Gasteiger partial charge in [0, 0.05) is 31.1 Å². The van der Waals surface area contributed by atoms with Crippen molar-refractivity contribution in [1.82, 2.24) is 9.55 Å². The fraction of sp³-hybridized carbons (Fsp3) is 0.310. The molecule has 3 aromatic carbocycles. The van der Waals surface area contributed by atoms with Crippen LogP contribution < -0.4 is 9.64 Å². The summed E-state index contributed by atoms with van der Waals surface area (Å²) in [5.41, 5.74) is 5.11. The molecule has 6 heteroatoms. The number of nitrogens with zero attached hydrogens (tertiary/aromatic N) is 3. The fourth-order valence-corrected chi connectivity index (χ4v) is 4.78. The van der Waals surface area contributed by atoms with Gasteiger partial charge in [0.1, 0.15) is 17.4 Å². The fourth-order valence-electron chi connectivity index (χ4n) is 4.78. The quantitative estimate of drug-likeness (QED) is 0.289. The number of fused-ring (bicyclic) bond motifs is 1. The van der Waals surface area contributed by atoms with Gasteiger partial charge in [-0.1, -0.05) is 24.3 Å². The number of halogens is 1. The second-order valence-electron chi connectivity index (χ2n) is 9.30. The van der Waals surface area contributed by atoms with E-state index in [1.54, 1.807) is 17.0 Å². The van der Waals surface area contributed by atoms with Gasteiger partial charge in [0.15, 0.2) is 0 Å². The molecule has 1 fully saturated rings. The van der Waals surface area contributed by atoms with Gasteiger partial charge < -0.3 is 14.2 Å². The maximum absolute atomic E-state index is 13.8. The maximum atomic E-state index is 13.8. The van der Waals surface area contributed by atoms with E-state index in [9.17, 15) is 9.18 Å². The van der Waals surface area contributed by atoms with Gasteiger partial charge in [-0.2, -0.15) is 0 Å². The number of hydrogen-bond donors (Lipinski definition) is 0. The third-order valence-corrected chi connectivity index (χ3v) is 6.82. The van der Waals surface area contributed by atoms with Crippen LogP contribution in [0.2, 0.25) is 0 Å². The number of carbonyl (C=O) groups is 1. The van der Waals surface area contributed by atoms with Crippen molar-refractivity contribution in [1.29, 1.82) is 0 Å². The average Bonchev–Trinajstić information content (AvgIpc) is 3.41. The van der Waals surface area contributed by atoms with Crippen molar-refractivity contribution in [2.24, 2.45) is 0 Å². The molecule has 5 rings (SSSR count). The number of imidazole rings is 1. The van der Waals surface area contributed by atoms with Gasteiger partial charge in [-0.3, -0.25) is 4.79 Å². The normalized spacial score (nSPS) is 15.8. The zero-order valence-corrected chi connectivity index (χ0v) is 20.2. The highest BCUT2D eigenvalue weighted by atomic mass is 19.1. The van der Waals surface area contributed by atoms with E-state index in [1.165, 1.54) is 23.3 Å². The molecule has 1 saturated heterocycles. The maximum Gasteiger partial charge on any atom is 0.227 e. The number of aryl methyl sites for hydroxylation is 3. The summed E-state index contributed by atoms with van der Waals surface area (Å²) in [5.74, 6) is 1.46. The predicted octanol–water partition coefficient (Wildman–Crippen LogP) is 6.17. The summed E-state index contributed by atoms with van der Waals surface area (Å²) in [5, 5.41) is 0. The van der Waals surface area contributed by atoms with E-state index >= 15 is 0 Å². The number of rotatable bonds is 8. The Morgan fingerprint density at radius 3 is 2.69 bits per heavy atom. The molecule has 0 aliphatic carbocycles. The molecule has 5 nitrogen and oxygen atoms in total. The molecule has 1 atom stereocenters. The Hall–Kier alpha value is -3.67. The van der Waals surface area contributed by atoms with E-state index in [1.807, 2.05) is 24.3 Å². The molecule has 1 aliphatic rings. The monoisotopic (exact) mass is 471 g/mol. The van der Waals surface area contributed by atoms with E-state index < -0.39 is 0 Å². The first-order chi connectivity index (χ1) is 17.0. The van der Waals surface area contributed by atoms with Crippen molar-refractivity contribution in [3.8, 4) is 5.75 Å². The van der Waals surface area contributed by atoms with Crippen molar-refractivity contribution in [3.05, 3.63) is 89.5 Å². The van der Waals surface area contributed by atoms with Crippen molar-refractivity contribution < 1.29 is 13.9 Å². The first kappa shape index (κ1) is 23.1. The second-order valence-corrected chi connectivity index (χ2v) is 9.30. The molecule has 0 spiro atoms. The van der Waals surface area contributed by atoms with Crippen molar-refractivity contribution in [2.75, 3.05) is 18.1 Å². The van der Waals surface area contributed by atoms with E-state index in [0.717, 1.165) is 42.0 Å². The SMILES string of the molecule is Cc1ccc(OCCCCn2c(C3CC(=O)N(c4cccc(F)c4)C3)nc3ccccc32)cc1C. The van der Waals surface area contributed by atoms with E-state index in [-0.39, 0.29) is 17.6 Å². The molecule has 0 saturated carbocycles. The van der Waals surface area contributed by atoms with Crippen LogP contribution in [-0.2, 0) is 11.3 Å². The summed E-state index contributed by atoms with van der Waals surface area (Å²) in [6.07, 6.45) is 2.22. The van der Waals surface area contributed by atoms with Crippen molar-refractivity contribution in [3.63, 3.8) is 0 Å². The third-order valence-electron chi connectivity index (χ3n) is 6.82. The third kappa shape index (κ3) is 4.92. The number of ether oxygens (including phenoxy) is 1. The molecule has 2 heterocycles. The lowest BCUT2D eigenvalue weighted by atomic mass is 10.1. The number of para-hydroxylation sites is 2. The van der Waals surface area contributed by atoms with Crippen molar-refractivity contribution in [2.45, 2.75) is 45.6 Å². The van der Waals surface area contributed by atoms with Gasteiger partial charge in [0.05, 0.1) is 17.6 Å². The Balaban J connectivity index is 1.28. The molecule has 1 aromatic heterocycles. The lowest BCUT2D eigenvalue weighted by Gasteiger charge is -2.17. The number of hydrogen-bond acceptors (Lipinski definition) is 3. The summed E-state index contributed by atoms with van der Waals surface area (Å²) < 4.78 is 22.0. The number of aromatic nitrogens is 2. The lowest BCUT2D eigenvalue weighted by molar-refractivity contribution is -0.117. The van der Waals surface area contributed by atoms with E-state index in [0.29, 0.717) is 25.3 Å². The largest absolute Gasteiger partial charge is 0.494 e. The van der Waals surface area contributed by atoms with Crippen LogP contribution in [0.5, 0.6) is 5.75 Å². The number of unbranched alkanes of at least 4 members (excludes halogenated alkanes) is 1. The van der Waals surface area contributed by atoms with Gasteiger partial charge in [-0.05, 0) is 80.3 Å². The summed E-state index contributed by atoms with van der Waals surface area (Å²) in [4.78, 5) is 19.4. The Morgan fingerprint density at radius 2 is 1.86 bits per heavy atom. The van der Waals surface area contributed by atoms with Crippen LogP contribution in [0.1, 0.15) is 42.1 Å². The minimum Gasteiger partial charge on any atom is -0.494 e. The van der Waals surface area contributed by atoms with E-state index in [4.69, 9.17) is 9.72 Å². The first-order valence-electron chi connectivity index (χ1n) is 12.2. The van der Waals surface area contributed by atoms with Crippen LogP contribution in [-0.4, -0.2) is 28.6 Å². The standard InChI is InChI=1S/C29H30FN3O2/c1-20-12-13-25(16-21(20)2)35-15-6-5-14-32-27-11-4-3-10-26(27)31-29(32)22-17-28(34)33(19-22)24-9-7-8-23(30)18-24/h3-4,7-13,16,18,22H,5-6,14-15,17,19H2,1-2H3. The Bertz CT molecular complexity index is 1360. The van der Waals surface area contributed by atoms with Crippen LogP contribution in [0.3, 0.4) is 0 Å². The van der Waals surface area contributed by atoms with Crippen LogP contribution in [0.25, 0.3) is 11.0 Å². The van der Waals surface area contributed by atoms with Crippen LogP contribution in [0, 0.1) is 19.7 Å². The molecular formula is C29H30FN3O2. The molecular weight excluding hydrogens is 441 g/mol. The van der Waals surface area contributed by atoms with Gasteiger partial charge >= 0.3 is 0 Å². The highest BCUT2D eigenvalue weighted by molar-refractivity contribution is 5.96. The Morgan fingerprint density at radius 1 is 1.00 bits per heavy atom. The lowest BCUT2D eigenvalue weighted by Crippen LogP contribution is -2.24. The summed E-state index contributed by atoms with van der Waals surface area (Å²) in [6, 6.07) is 20.5.